The highest BCUT2D eigenvalue weighted by Gasteiger charge is 2.13. The Morgan fingerprint density at radius 1 is 1.16 bits per heavy atom. The molecule has 2 N–H and O–H groups in total. The molecule has 0 fully saturated rings. The van der Waals surface area contributed by atoms with Crippen LogP contribution in [0.2, 0.25) is 10.0 Å². The Kier molecular flexibility index (Phi) is 3.09. The van der Waals surface area contributed by atoms with Gasteiger partial charge in [-0.05, 0) is 31.2 Å². The number of aryl methyl sites for hydroxylation is 1. The average molecular weight is 292 g/mol. The Hall–Kier alpha value is -1.71. The summed E-state index contributed by atoms with van der Waals surface area (Å²) < 4.78 is 0. The molecule has 0 aliphatic carbocycles. The highest BCUT2D eigenvalue weighted by molar-refractivity contribution is 6.36. The van der Waals surface area contributed by atoms with Gasteiger partial charge < -0.3 is 9.97 Å². The normalized spacial score (nSPS) is 10.9. The van der Waals surface area contributed by atoms with Gasteiger partial charge in [0.25, 0.3) is 0 Å². The fourth-order valence-electron chi connectivity index (χ4n) is 2.01. The maximum Gasteiger partial charge on any atom is 0.139 e. The quantitative estimate of drug-likeness (QED) is 0.707. The van der Waals surface area contributed by atoms with E-state index in [0.29, 0.717) is 10.0 Å². The highest BCUT2D eigenvalue weighted by atomic mass is 35.5. The van der Waals surface area contributed by atoms with Gasteiger partial charge in [0.15, 0.2) is 0 Å². The fourth-order valence-corrected chi connectivity index (χ4v) is 2.51. The van der Waals surface area contributed by atoms with Crippen molar-refractivity contribution in [3.63, 3.8) is 0 Å². The second-order valence-corrected chi connectivity index (χ2v) is 5.13. The molecule has 0 aliphatic heterocycles. The molecular formula is C14H11Cl2N3. The van der Waals surface area contributed by atoms with Gasteiger partial charge in [-0.15, -0.1) is 0 Å². The maximum absolute atomic E-state index is 6.23. The van der Waals surface area contributed by atoms with Crippen molar-refractivity contribution < 1.29 is 0 Å². The third-order valence-electron chi connectivity index (χ3n) is 2.94. The second-order valence-electron chi connectivity index (χ2n) is 4.28. The summed E-state index contributed by atoms with van der Waals surface area (Å²) in [6.07, 6.45) is 3.76. The molecular weight excluding hydrogens is 281 g/mol. The average Bonchev–Trinajstić information content (AvgIpc) is 2.98. The van der Waals surface area contributed by atoms with E-state index in [1.165, 1.54) is 0 Å². The van der Waals surface area contributed by atoms with Crippen LogP contribution in [0.15, 0.2) is 36.7 Å². The number of aromatic nitrogens is 3. The first-order valence-electron chi connectivity index (χ1n) is 5.80. The van der Waals surface area contributed by atoms with E-state index >= 15 is 0 Å². The van der Waals surface area contributed by atoms with Gasteiger partial charge in [-0.2, -0.15) is 0 Å². The molecule has 0 radical (unpaired) electrons. The predicted octanol–water partition coefficient (Wildman–Crippen LogP) is 4.69. The Labute approximate surface area is 120 Å². The number of benzene rings is 1. The Morgan fingerprint density at radius 3 is 2.68 bits per heavy atom. The van der Waals surface area contributed by atoms with Crippen LogP contribution in [0, 0.1) is 6.92 Å². The van der Waals surface area contributed by atoms with Crippen molar-refractivity contribution in [2.24, 2.45) is 0 Å². The van der Waals surface area contributed by atoms with Crippen molar-refractivity contribution in [1.82, 2.24) is 15.0 Å². The van der Waals surface area contributed by atoms with E-state index < -0.39 is 0 Å². The van der Waals surface area contributed by atoms with Crippen LogP contribution in [-0.4, -0.2) is 15.0 Å². The van der Waals surface area contributed by atoms with Crippen LogP contribution in [0.4, 0.5) is 0 Å². The molecule has 5 heteroatoms. The van der Waals surface area contributed by atoms with Gasteiger partial charge in [-0.3, -0.25) is 0 Å². The number of nitrogens with one attached hydrogen (secondary N) is 2. The molecule has 2 aromatic heterocycles. The molecule has 0 amide bonds. The van der Waals surface area contributed by atoms with Gasteiger partial charge in [0.1, 0.15) is 5.82 Å². The lowest BCUT2D eigenvalue weighted by atomic mass is 10.1. The Morgan fingerprint density at radius 2 is 2.00 bits per heavy atom. The third kappa shape index (κ3) is 2.27. The van der Waals surface area contributed by atoms with Gasteiger partial charge in [0, 0.05) is 34.2 Å². The molecule has 0 saturated carbocycles. The third-order valence-corrected chi connectivity index (χ3v) is 3.49. The highest BCUT2D eigenvalue weighted by Crippen LogP contribution is 2.32. The first-order valence-corrected chi connectivity index (χ1v) is 6.56. The molecule has 96 valence electrons. The summed E-state index contributed by atoms with van der Waals surface area (Å²) in [6.45, 7) is 1.98. The van der Waals surface area contributed by atoms with Crippen LogP contribution >= 0.6 is 23.2 Å². The molecule has 0 bridgehead atoms. The van der Waals surface area contributed by atoms with Crippen LogP contribution in [0.3, 0.4) is 0 Å². The van der Waals surface area contributed by atoms with Crippen LogP contribution in [0.5, 0.6) is 0 Å². The summed E-state index contributed by atoms with van der Waals surface area (Å²) in [4.78, 5) is 10.9. The van der Waals surface area contributed by atoms with Crippen molar-refractivity contribution in [1.29, 1.82) is 0 Å². The summed E-state index contributed by atoms with van der Waals surface area (Å²) in [7, 11) is 0. The number of hydrogen-bond acceptors (Lipinski definition) is 1. The van der Waals surface area contributed by atoms with Crippen molar-refractivity contribution in [2.45, 2.75) is 6.92 Å². The predicted molar refractivity (Wildman–Crippen MR) is 78.6 cm³/mol. The SMILES string of the molecule is Cc1[nH]c(-c2cc[nH]c2)nc1-c1ccc(Cl)cc1Cl. The van der Waals surface area contributed by atoms with Crippen LogP contribution in [0.25, 0.3) is 22.6 Å². The number of H-pyrrole nitrogens is 2. The van der Waals surface area contributed by atoms with E-state index in [9.17, 15) is 0 Å². The zero-order valence-corrected chi connectivity index (χ0v) is 11.7. The van der Waals surface area contributed by atoms with Crippen LogP contribution < -0.4 is 0 Å². The Bertz CT molecular complexity index is 714. The van der Waals surface area contributed by atoms with Crippen LogP contribution in [0.1, 0.15) is 5.69 Å². The van der Waals surface area contributed by atoms with Crippen molar-refractivity contribution >= 4 is 23.2 Å². The van der Waals surface area contributed by atoms with E-state index in [4.69, 9.17) is 23.2 Å². The largest absolute Gasteiger partial charge is 0.367 e. The molecule has 1 aromatic carbocycles. The minimum Gasteiger partial charge on any atom is -0.367 e. The molecule has 3 rings (SSSR count). The molecule has 0 aliphatic rings. The molecule has 3 aromatic rings. The number of halogens is 2. The first-order chi connectivity index (χ1) is 9.15. The molecule has 0 unspecified atom stereocenters. The van der Waals surface area contributed by atoms with Crippen molar-refractivity contribution in [3.8, 4) is 22.6 Å². The summed E-state index contributed by atoms with van der Waals surface area (Å²) in [5.41, 5.74) is 3.71. The van der Waals surface area contributed by atoms with Gasteiger partial charge >= 0.3 is 0 Å². The summed E-state index contributed by atoms with van der Waals surface area (Å²) in [5, 5.41) is 1.22. The number of hydrogen-bond donors (Lipinski definition) is 2. The number of imidazole rings is 1. The summed E-state index contributed by atoms with van der Waals surface area (Å²) >= 11 is 12.1. The molecule has 2 heterocycles. The monoisotopic (exact) mass is 291 g/mol. The van der Waals surface area contributed by atoms with Crippen molar-refractivity contribution in [2.75, 3.05) is 0 Å². The molecule has 0 spiro atoms. The van der Waals surface area contributed by atoms with E-state index in [1.807, 2.05) is 37.5 Å². The zero-order chi connectivity index (χ0) is 13.4. The number of rotatable bonds is 2. The standard InChI is InChI=1S/C14H11Cl2N3/c1-8-13(11-3-2-10(15)6-12(11)16)19-14(18-8)9-4-5-17-7-9/h2-7,17H,1H3,(H,18,19). The van der Waals surface area contributed by atoms with Crippen LogP contribution in [-0.2, 0) is 0 Å². The van der Waals surface area contributed by atoms with Crippen molar-refractivity contribution in [3.05, 3.63) is 52.4 Å². The Balaban J connectivity index is 2.11. The number of nitrogens with zero attached hydrogens (tertiary/aromatic N) is 1. The zero-order valence-electron chi connectivity index (χ0n) is 10.2. The maximum atomic E-state index is 6.23. The molecule has 3 nitrogen and oxygen atoms in total. The minimum absolute atomic E-state index is 0.600. The lowest BCUT2D eigenvalue weighted by Gasteiger charge is -2.02. The molecule has 0 saturated heterocycles. The topological polar surface area (TPSA) is 44.5 Å². The number of aromatic amines is 2. The lowest BCUT2D eigenvalue weighted by molar-refractivity contribution is 1.26. The minimum atomic E-state index is 0.600. The van der Waals surface area contributed by atoms with Gasteiger partial charge in [0.2, 0.25) is 0 Å². The van der Waals surface area contributed by atoms with Gasteiger partial charge in [0.05, 0.1) is 10.7 Å². The smallest absolute Gasteiger partial charge is 0.139 e. The molecule has 19 heavy (non-hydrogen) atoms. The van der Waals surface area contributed by atoms with Gasteiger partial charge in [-0.25, -0.2) is 4.98 Å². The fraction of sp³-hybridized carbons (Fsp3) is 0.0714. The molecule has 0 atom stereocenters. The van der Waals surface area contributed by atoms with E-state index in [-0.39, 0.29) is 0 Å². The van der Waals surface area contributed by atoms with E-state index in [1.54, 1.807) is 6.07 Å². The second kappa shape index (κ2) is 4.76. The van der Waals surface area contributed by atoms with E-state index in [0.717, 1.165) is 28.3 Å². The van der Waals surface area contributed by atoms with E-state index in [2.05, 4.69) is 15.0 Å². The lowest BCUT2D eigenvalue weighted by Crippen LogP contribution is -1.83. The summed E-state index contributed by atoms with van der Waals surface area (Å²) in [6, 6.07) is 7.38. The van der Waals surface area contributed by atoms with Gasteiger partial charge in [-0.1, -0.05) is 23.2 Å². The summed E-state index contributed by atoms with van der Waals surface area (Å²) in [5.74, 6) is 0.819. The first kappa shape index (κ1) is 12.3.